The van der Waals surface area contributed by atoms with Gasteiger partial charge in [0.25, 0.3) is 5.91 Å². The summed E-state index contributed by atoms with van der Waals surface area (Å²) in [7, 11) is 1.60. The number of halogens is 2. The van der Waals surface area contributed by atoms with Crippen LogP contribution in [0.5, 0.6) is 11.5 Å². The van der Waals surface area contributed by atoms with E-state index in [1.165, 1.54) is 11.3 Å². The zero-order chi connectivity index (χ0) is 22.7. The molecule has 0 aliphatic heterocycles. The molecule has 2 N–H and O–H groups in total. The summed E-state index contributed by atoms with van der Waals surface area (Å²) in [5, 5.41) is 0.582. The number of amides is 1. The fourth-order valence-electron chi connectivity index (χ4n) is 3.17. The number of aromatic nitrogens is 1. The normalized spacial score (nSPS) is 10.7. The van der Waals surface area contributed by atoms with E-state index in [1.54, 1.807) is 7.11 Å². The number of hydrogen-bond acceptors (Lipinski definition) is 5. The van der Waals surface area contributed by atoms with Crippen molar-refractivity contribution in [2.45, 2.75) is 6.61 Å². The van der Waals surface area contributed by atoms with E-state index in [4.69, 9.17) is 20.2 Å². The second kappa shape index (κ2) is 9.15. The molecule has 4 aromatic rings. The molecular weight excluding hydrogens is 434 g/mol. The molecule has 1 heterocycles. The summed E-state index contributed by atoms with van der Waals surface area (Å²) < 4.78 is 38.9. The van der Waals surface area contributed by atoms with E-state index in [1.807, 2.05) is 54.6 Å². The number of benzene rings is 3. The molecule has 0 aliphatic rings. The Morgan fingerprint density at radius 3 is 2.38 bits per heavy atom. The van der Waals surface area contributed by atoms with E-state index in [2.05, 4.69) is 0 Å². The van der Waals surface area contributed by atoms with E-state index < -0.39 is 23.1 Å². The van der Waals surface area contributed by atoms with Crippen LogP contribution in [-0.4, -0.2) is 18.0 Å². The fraction of sp³-hybridized carbons (Fsp3) is 0.0833. The third kappa shape index (κ3) is 4.31. The lowest BCUT2D eigenvalue weighted by atomic mass is 10.1. The predicted molar refractivity (Wildman–Crippen MR) is 119 cm³/mol. The minimum atomic E-state index is -1.20. The Labute approximate surface area is 187 Å². The summed E-state index contributed by atoms with van der Waals surface area (Å²) >= 11 is 1.40. The Kier molecular flexibility index (Phi) is 6.13. The van der Waals surface area contributed by atoms with Crippen LogP contribution in [0.15, 0.2) is 66.7 Å². The number of rotatable bonds is 7. The minimum absolute atomic E-state index is 0.0680. The number of carbonyl (C=O) groups excluding carboxylic acids is 1. The maximum absolute atomic E-state index is 14.5. The third-order valence-corrected chi connectivity index (χ3v) is 5.80. The first-order valence-corrected chi connectivity index (χ1v) is 10.4. The van der Waals surface area contributed by atoms with E-state index in [0.29, 0.717) is 5.01 Å². The van der Waals surface area contributed by atoms with Gasteiger partial charge in [-0.1, -0.05) is 30.3 Å². The van der Waals surface area contributed by atoms with Gasteiger partial charge >= 0.3 is 0 Å². The van der Waals surface area contributed by atoms with Gasteiger partial charge in [0.05, 0.1) is 17.7 Å². The first-order valence-electron chi connectivity index (χ1n) is 9.58. The van der Waals surface area contributed by atoms with Gasteiger partial charge < -0.3 is 15.2 Å². The second-order valence-corrected chi connectivity index (χ2v) is 7.85. The Balaban J connectivity index is 1.68. The van der Waals surface area contributed by atoms with Gasteiger partial charge in [-0.15, -0.1) is 11.3 Å². The van der Waals surface area contributed by atoms with Crippen LogP contribution in [-0.2, 0) is 6.61 Å². The number of primary amides is 1. The molecule has 32 heavy (non-hydrogen) atoms. The summed E-state index contributed by atoms with van der Waals surface area (Å²) in [6, 6.07) is 19.3. The van der Waals surface area contributed by atoms with Crippen LogP contribution >= 0.6 is 11.3 Å². The van der Waals surface area contributed by atoms with Crippen LogP contribution in [0.2, 0.25) is 0 Å². The SMILES string of the molecule is COc1ccc(-c2nc(COc3ccc(F)c(C(N)=O)c3F)sc2-c2ccccc2)cc1. The van der Waals surface area contributed by atoms with Crippen molar-refractivity contribution < 1.29 is 23.0 Å². The molecule has 0 atom stereocenters. The molecule has 4 rings (SSSR count). The van der Waals surface area contributed by atoms with Gasteiger partial charge in [-0.05, 0) is 42.0 Å². The molecule has 0 fully saturated rings. The molecule has 162 valence electrons. The zero-order valence-corrected chi connectivity index (χ0v) is 17.8. The third-order valence-electron chi connectivity index (χ3n) is 4.72. The predicted octanol–water partition coefficient (Wildman–Crippen LogP) is 5.44. The molecule has 0 unspecified atom stereocenters. The van der Waals surface area contributed by atoms with Crippen LogP contribution < -0.4 is 15.2 Å². The fourth-order valence-corrected chi connectivity index (χ4v) is 4.17. The lowest BCUT2D eigenvalue weighted by Gasteiger charge is -2.08. The van der Waals surface area contributed by atoms with E-state index >= 15 is 0 Å². The zero-order valence-electron chi connectivity index (χ0n) is 17.0. The molecule has 0 saturated heterocycles. The van der Waals surface area contributed by atoms with Crippen LogP contribution in [0, 0.1) is 11.6 Å². The van der Waals surface area contributed by atoms with Gasteiger partial charge in [0, 0.05) is 5.56 Å². The summed E-state index contributed by atoms with van der Waals surface area (Å²) in [6.07, 6.45) is 0. The van der Waals surface area contributed by atoms with Crippen molar-refractivity contribution in [2.24, 2.45) is 5.73 Å². The number of carbonyl (C=O) groups is 1. The molecule has 8 heteroatoms. The molecular formula is C24H18F2N2O3S. The molecule has 0 bridgehead atoms. The van der Waals surface area contributed by atoms with Crippen molar-refractivity contribution in [3.8, 4) is 33.2 Å². The molecule has 0 radical (unpaired) electrons. The van der Waals surface area contributed by atoms with Crippen LogP contribution in [0.25, 0.3) is 21.7 Å². The van der Waals surface area contributed by atoms with Crippen molar-refractivity contribution in [1.29, 1.82) is 0 Å². The molecule has 3 aromatic carbocycles. The van der Waals surface area contributed by atoms with Crippen LogP contribution in [0.3, 0.4) is 0 Å². The number of nitrogens with two attached hydrogens (primary N) is 1. The van der Waals surface area contributed by atoms with E-state index in [0.717, 1.165) is 39.6 Å². The largest absolute Gasteiger partial charge is 0.497 e. The first-order chi connectivity index (χ1) is 15.5. The highest BCUT2D eigenvalue weighted by atomic mass is 32.1. The topological polar surface area (TPSA) is 74.4 Å². The van der Waals surface area contributed by atoms with Crippen LogP contribution in [0.1, 0.15) is 15.4 Å². The van der Waals surface area contributed by atoms with E-state index in [9.17, 15) is 13.6 Å². The highest BCUT2D eigenvalue weighted by Crippen LogP contribution is 2.38. The average molecular weight is 452 g/mol. The van der Waals surface area contributed by atoms with Gasteiger partial charge in [-0.3, -0.25) is 4.79 Å². The quantitative estimate of drug-likeness (QED) is 0.405. The lowest BCUT2D eigenvalue weighted by molar-refractivity contribution is 0.0991. The van der Waals surface area contributed by atoms with Crippen molar-refractivity contribution >= 4 is 17.2 Å². The monoisotopic (exact) mass is 452 g/mol. The molecule has 0 spiro atoms. The molecule has 5 nitrogen and oxygen atoms in total. The summed E-state index contributed by atoms with van der Waals surface area (Å²) in [6.45, 7) is -0.0680. The maximum atomic E-state index is 14.5. The number of ether oxygens (including phenoxy) is 2. The van der Waals surface area contributed by atoms with Gasteiger partial charge in [-0.2, -0.15) is 0 Å². The standard InChI is InChI=1S/C24H18F2N2O3S/c1-30-16-9-7-14(8-10-16)22-23(15-5-3-2-4-6-15)32-19(28-22)13-31-18-12-11-17(25)20(21(18)26)24(27)29/h2-12H,13H2,1H3,(H2,27,29). The summed E-state index contributed by atoms with van der Waals surface area (Å²) in [5.74, 6) is -2.92. The highest BCUT2D eigenvalue weighted by Gasteiger charge is 2.20. The molecule has 0 aliphatic carbocycles. The summed E-state index contributed by atoms with van der Waals surface area (Å²) in [5.41, 5.74) is 6.86. The molecule has 1 aromatic heterocycles. The van der Waals surface area contributed by atoms with Gasteiger partial charge in [0.1, 0.15) is 28.7 Å². The van der Waals surface area contributed by atoms with Gasteiger partial charge in [-0.25, -0.2) is 13.8 Å². The first kappa shape index (κ1) is 21.5. The number of hydrogen-bond donors (Lipinski definition) is 1. The average Bonchev–Trinajstić information content (AvgIpc) is 3.23. The second-order valence-electron chi connectivity index (χ2n) is 6.77. The van der Waals surface area contributed by atoms with Crippen molar-refractivity contribution in [3.63, 3.8) is 0 Å². The molecule has 1 amide bonds. The number of nitrogens with zero attached hydrogens (tertiary/aromatic N) is 1. The van der Waals surface area contributed by atoms with Crippen LogP contribution in [0.4, 0.5) is 8.78 Å². The Hall–Kier alpha value is -3.78. The Bertz CT molecular complexity index is 1260. The minimum Gasteiger partial charge on any atom is -0.497 e. The van der Waals surface area contributed by atoms with Gasteiger partial charge in [0.2, 0.25) is 0 Å². The van der Waals surface area contributed by atoms with E-state index in [-0.39, 0.29) is 12.4 Å². The van der Waals surface area contributed by atoms with Crippen molar-refractivity contribution in [2.75, 3.05) is 7.11 Å². The number of methoxy groups -OCH3 is 1. The lowest BCUT2D eigenvalue weighted by Crippen LogP contribution is -2.16. The Morgan fingerprint density at radius 2 is 1.72 bits per heavy atom. The maximum Gasteiger partial charge on any atom is 0.254 e. The van der Waals surface area contributed by atoms with Gasteiger partial charge in [0.15, 0.2) is 11.6 Å². The Morgan fingerprint density at radius 1 is 1.00 bits per heavy atom. The molecule has 0 saturated carbocycles. The highest BCUT2D eigenvalue weighted by molar-refractivity contribution is 7.15. The number of thiazole rings is 1. The van der Waals surface area contributed by atoms with Crippen molar-refractivity contribution in [1.82, 2.24) is 4.98 Å². The smallest absolute Gasteiger partial charge is 0.254 e. The summed E-state index contributed by atoms with van der Waals surface area (Å²) in [4.78, 5) is 17.0. The van der Waals surface area contributed by atoms with Crippen molar-refractivity contribution in [3.05, 3.63) is 88.9 Å².